The third-order valence-electron chi connectivity index (χ3n) is 4.22. The number of aromatic nitrogens is 1. The summed E-state index contributed by atoms with van der Waals surface area (Å²) in [6, 6.07) is 20.0. The van der Waals surface area contributed by atoms with Crippen LogP contribution in [-0.4, -0.2) is 18.3 Å². The van der Waals surface area contributed by atoms with E-state index < -0.39 is 0 Å². The minimum absolute atomic E-state index is 0.465. The number of nitrogens with zero attached hydrogens (tertiary/aromatic N) is 2. The van der Waals surface area contributed by atoms with Crippen molar-refractivity contribution in [3.8, 4) is 11.5 Å². The second-order valence-corrected chi connectivity index (χ2v) is 9.41. The van der Waals surface area contributed by atoms with Crippen LogP contribution in [0.4, 0.5) is 5.13 Å². The van der Waals surface area contributed by atoms with Gasteiger partial charge in [-0.1, -0.05) is 51.5 Å². The van der Waals surface area contributed by atoms with E-state index in [4.69, 9.17) is 9.47 Å². The Balaban J connectivity index is 1.46. The van der Waals surface area contributed by atoms with E-state index in [1.807, 2.05) is 60.7 Å². The Bertz CT molecular complexity index is 1160. The number of methoxy groups -OCH3 is 1. The molecule has 4 rings (SSSR count). The number of hydrogen-bond acceptors (Lipinski definition) is 6. The monoisotopic (exact) mass is 593 g/mol. The van der Waals surface area contributed by atoms with Crippen molar-refractivity contribution in [3.63, 3.8) is 0 Å². The van der Waals surface area contributed by atoms with Gasteiger partial charge in [0.2, 0.25) is 5.13 Å². The second-order valence-electron chi connectivity index (χ2n) is 6.31. The quantitative estimate of drug-likeness (QED) is 0.147. The van der Waals surface area contributed by atoms with E-state index in [0.717, 1.165) is 40.3 Å². The first-order valence-corrected chi connectivity index (χ1v) is 11.7. The molecule has 0 unspecified atom stereocenters. The lowest BCUT2D eigenvalue weighted by Crippen LogP contribution is -2.01. The number of rotatable bonds is 7. The van der Waals surface area contributed by atoms with E-state index in [0.29, 0.717) is 12.4 Å². The number of fused-ring (bicyclic) bond motifs is 1. The topological polar surface area (TPSA) is 55.7 Å². The maximum Gasteiger partial charge on any atom is 0.204 e. The van der Waals surface area contributed by atoms with Crippen LogP contribution in [0.1, 0.15) is 11.1 Å². The first-order chi connectivity index (χ1) is 14.6. The summed E-state index contributed by atoms with van der Waals surface area (Å²) in [6.07, 6.45) is 1.75. The molecule has 4 aromatic rings. The third kappa shape index (κ3) is 5.11. The van der Waals surface area contributed by atoms with Crippen LogP contribution in [0.15, 0.2) is 70.2 Å². The van der Waals surface area contributed by atoms with Crippen molar-refractivity contribution >= 4 is 71.4 Å². The number of para-hydroxylation sites is 1. The first-order valence-electron chi connectivity index (χ1n) is 9.02. The smallest absolute Gasteiger partial charge is 0.204 e. The van der Waals surface area contributed by atoms with Crippen molar-refractivity contribution in [1.29, 1.82) is 0 Å². The summed E-state index contributed by atoms with van der Waals surface area (Å²) in [5.41, 5.74) is 5.95. The fourth-order valence-corrected chi connectivity index (χ4v) is 4.63. The molecule has 8 heteroatoms. The minimum atomic E-state index is 0.465. The molecule has 152 valence electrons. The summed E-state index contributed by atoms with van der Waals surface area (Å²) < 4.78 is 14.7. The summed E-state index contributed by atoms with van der Waals surface area (Å²) >= 11 is 7.26. The molecule has 0 aliphatic heterocycles. The average Bonchev–Trinajstić information content (AvgIpc) is 3.16. The fourth-order valence-electron chi connectivity index (χ4n) is 2.77. The standard InChI is InChI=1S/C22H17BrIN3O2S/c1-28-19-11-15(12-25-27-22-26-18-4-2-3-5-20(18)30-22)10-17(24)21(19)29-13-14-6-8-16(23)9-7-14/h2-12H,13H2,1H3,(H,26,27)/b25-12-. The molecular weight excluding hydrogens is 577 g/mol. The Hall–Kier alpha value is -2.17. The van der Waals surface area contributed by atoms with Crippen LogP contribution >= 0.6 is 49.9 Å². The summed E-state index contributed by atoms with van der Waals surface area (Å²) in [5, 5.41) is 5.08. The molecule has 0 atom stereocenters. The van der Waals surface area contributed by atoms with Gasteiger partial charge in [0.25, 0.3) is 0 Å². The molecule has 0 radical (unpaired) electrons. The number of hydrogen-bond donors (Lipinski definition) is 1. The summed E-state index contributed by atoms with van der Waals surface area (Å²) in [7, 11) is 1.64. The van der Waals surface area contributed by atoms with Crippen molar-refractivity contribution < 1.29 is 9.47 Å². The van der Waals surface area contributed by atoms with E-state index in [1.54, 1.807) is 24.7 Å². The summed E-state index contributed by atoms with van der Waals surface area (Å²) in [6.45, 7) is 0.465. The summed E-state index contributed by atoms with van der Waals surface area (Å²) in [5.74, 6) is 1.39. The molecule has 0 saturated carbocycles. The van der Waals surface area contributed by atoms with Crippen molar-refractivity contribution in [2.75, 3.05) is 12.5 Å². The lowest BCUT2D eigenvalue weighted by Gasteiger charge is -2.13. The molecule has 0 aliphatic rings. The van der Waals surface area contributed by atoms with Gasteiger partial charge in [-0.05, 0) is 70.1 Å². The van der Waals surface area contributed by atoms with Crippen molar-refractivity contribution in [2.24, 2.45) is 5.10 Å². The lowest BCUT2D eigenvalue weighted by molar-refractivity contribution is 0.282. The summed E-state index contributed by atoms with van der Waals surface area (Å²) in [4.78, 5) is 4.51. The van der Waals surface area contributed by atoms with Gasteiger partial charge in [-0.2, -0.15) is 5.10 Å². The number of ether oxygens (including phenoxy) is 2. The van der Waals surface area contributed by atoms with Crippen LogP contribution < -0.4 is 14.9 Å². The Morgan fingerprint density at radius 2 is 1.97 bits per heavy atom. The van der Waals surface area contributed by atoms with Gasteiger partial charge in [0.05, 0.1) is 27.1 Å². The molecule has 1 aromatic heterocycles. The predicted molar refractivity (Wildman–Crippen MR) is 135 cm³/mol. The van der Waals surface area contributed by atoms with E-state index in [-0.39, 0.29) is 0 Å². The van der Waals surface area contributed by atoms with Crippen LogP contribution in [0, 0.1) is 3.57 Å². The molecular formula is C22H17BrIN3O2S. The number of benzene rings is 3. The van der Waals surface area contributed by atoms with Crippen molar-refractivity contribution in [3.05, 3.63) is 79.8 Å². The van der Waals surface area contributed by atoms with Gasteiger partial charge in [0, 0.05) is 4.47 Å². The van der Waals surface area contributed by atoms with Crippen LogP contribution in [0.2, 0.25) is 0 Å². The Morgan fingerprint density at radius 1 is 1.17 bits per heavy atom. The Kier molecular flexibility index (Phi) is 6.86. The second kappa shape index (κ2) is 9.76. The van der Waals surface area contributed by atoms with E-state index in [2.05, 4.69) is 54.0 Å². The first kappa shape index (κ1) is 21.1. The van der Waals surface area contributed by atoms with E-state index in [1.165, 1.54) is 0 Å². The molecule has 0 amide bonds. The highest BCUT2D eigenvalue weighted by molar-refractivity contribution is 14.1. The van der Waals surface area contributed by atoms with Crippen LogP contribution in [0.5, 0.6) is 11.5 Å². The van der Waals surface area contributed by atoms with Crippen LogP contribution in [0.25, 0.3) is 10.2 Å². The highest BCUT2D eigenvalue weighted by atomic mass is 127. The predicted octanol–water partition coefficient (Wildman–Crippen LogP) is 6.70. The van der Waals surface area contributed by atoms with Gasteiger partial charge < -0.3 is 9.47 Å². The third-order valence-corrected chi connectivity index (χ3v) is 6.49. The highest BCUT2D eigenvalue weighted by Crippen LogP contribution is 2.34. The van der Waals surface area contributed by atoms with Gasteiger partial charge in [0.1, 0.15) is 6.61 Å². The molecule has 1 heterocycles. The van der Waals surface area contributed by atoms with Crippen molar-refractivity contribution in [1.82, 2.24) is 4.98 Å². The molecule has 0 aliphatic carbocycles. The van der Waals surface area contributed by atoms with Gasteiger partial charge in [0.15, 0.2) is 11.5 Å². The lowest BCUT2D eigenvalue weighted by atomic mass is 10.2. The molecule has 0 saturated heterocycles. The Morgan fingerprint density at radius 3 is 2.73 bits per heavy atom. The number of halogens is 2. The molecule has 30 heavy (non-hydrogen) atoms. The zero-order valence-corrected chi connectivity index (χ0v) is 20.5. The SMILES string of the molecule is COc1cc(/C=N\Nc2nc3ccccc3s2)cc(I)c1OCc1ccc(Br)cc1. The van der Waals surface area contributed by atoms with Crippen molar-refractivity contribution in [2.45, 2.75) is 6.61 Å². The fraction of sp³-hybridized carbons (Fsp3) is 0.0909. The zero-order valence-electron chi connectivity index (χ0n) is 15.9. The van der Waals surface area contributed by atoms with Gasteiger partial charge in [-0.3, -0.25) is 5.43 Å². The number of nitrogens with one attached hydrogen (secondary N) is 1. The maximum absolute atomic E-state index is 6.03. The molecule has 0 bridgehead atoms. The molecule has 0 fully saturated rings. The van der Waals surface area contributed by atoms with Gasteiger partial charge in [-0.15, -0.1) is 0 Å². The zero-order chi connectivity index (χ0) is 20.9. The van der Waals surface area contributed by atoms with Crippen LogP contribution in [-0.2, 0) is 6.61 Å². The molecule has 5 nitrogen and oxygen atoms in total. The number of anilines is 1. The number of thiazole rings is 1. The largest absolute Gasteiger partial charge is 0.493 e. The maximum atomic E-state index is 6.03. The van der Waals surface area contributed by atoms with E-state index in [9.17, 15) is 0 Å². The molecule has 0 spiro atoms. The highest BCUT2D eigenvalue weighted by Gasteiger charge is 2.11. The molecule has 1 N–H and O–H groups in total. The Labute approximate surface area is 200 Å². The molecule has 3 aromatic carbocycles. The minimum Gasteiger partial charge on any atom is -0.493 e. The van der Waals surface area contributed by atoms with Gasteiger partial charge in [-0.25, -0.2) is 4.98 Å². The van der Waals surface area contributed by atoms with E-state index >= 15 is 0 Å². The number of hydrazone groups is 1. The van der Waals surface area contributed by atoms with Crippen LogP contribution in [0.3, 0.4) is 0 Å². The average molecular weight is 594 g/mol. The normalized spacial score (nSPS) is 11.2. The van der Waals surface area contributed by atoms with Gasteiger partial charge >= 0.3 is 0 Å².